The van der Waals surface area contributed by atoms with E-state index in [2.05, 4.69) is 4.74 Å². The molecular formula is C16H11BO4S. The highest BCUT2D eigenvalue weighted by Crippen LogP contribution is 2.31. The Labute approximate surface area is 131 Å². The molecule has 0 aliphatic carbocycles. The second-order valence-electron chi connectivity index (χ2n) is 4.58. The van der Waals surface area contributed by atoms with E-state index in [0.29, 0.717) is 16.5 Å². The van der Waals surface area contributed by atoms with Crippen molar-refractivity contribution in [1.29, 1.82) is 0 Å². The fraction of sp³-hybridized carbons (Fsp3) is 0.125. The standard InChI is InChI=1S/C16H11BO4S/c17-16(19)21-9-8-20-12-6-3-5-11-14(18)10-4-1-2-7-13(10)22-15(11)12/h1-7H,8-9H2. The van der Waals surface area contributed by atoms with Gasteiger partial charge in [-0.25, -0.2) is 0 Å². The summed E-state index contributed by atoms with van der Waals surface area (Å²) in [7, 11) is 4.89. The Hall–Kier alpha value is -2.34. The van der Waals surface area contributed by atoms with Crippen LogP contribution in [-0.2, 0) is 4.74 Å². The van der Waals surface area contributed by atoms with Crippen molar-refractivity contribution in [3.8, 4) is 5.75 Å². The third kappa shape index (κ3) is 2.83. The van der Waals surface area contributed by atoms with Gasteiger partial charge in [0.15, 0.2) is 5.43 Å². The summed E-state index contributed by atoms with van der Waals surface area (Å²) in [6.45, 7) is 0.240. The zero-order chi connectivity index (χ0) is 15.5. The quantitative estimate of drug-likeness (QED) is 0.422. The van der Waals surface area contributed by atoms with Crippen LogP contribution in [0.3, 0.4) is 0 Å². The first-order chi connectivity index (χ1) is 10.7. The smallest absolute Gasteiger partial charge is 0.235 e. The molecule has 0 saturated carbocycles. The van der Waals surface area contributed by atoms with E-state index in [0.717, 1.165) is 9.40 Å². The molecule has 2 aromatic carbocycles. The number of fused-ring (bicyclic) bond motifs is 2. The molecule has 0 bridgehead atoms. The van der Waals surface area contributed by atoms with E-state index in [4.69, 9.17) is 12.6 Å². The van der Waals surface area contributed by atoms with Gasteiger partial charge in [-0.3, -0.25) is 9.59 Å². The summed E-state index contributed by atoms with van der Waals surface area (Å²) in [5.41, 5.74) is -0.0109. The minimum Gasteiger partial charge on any atom is -0.489 e. The van der Waals surface area contributed by atoms with Crippen LogP contribution in [0.5, 0.6) is 5.75 Å². The first-order valence-corrected chi connectivity index (χ1v) is 7.48. The Bertz CT molecular complexity index is 903. The Morgan fingerprint density at radius 3 is 2.64 bits per heavy atom. The number of carbonyl (C=O) groups excluding carboxylic acids is 1. The predicted molar refractivity (Wildman–Crippen MR) is 88.2 cm³/mol. The van der Waals surface area contributed by atoms with Crippen LogP contribution in [0.25, 0.3) is 20.2 Å². The van der Waals surface area contributed by atoms with Gasteiger partial charge in [-0.1, -0.05) is 18.2 Å². The fourth-order valence-electron chi connectivity index (χ4n) is 2.21. The number of rotatable bonds is 4. The van der Waals surface area contributed by atoms with Gasteiger partial charge in [0.25, 0.3) is 0 Å². The average molecular weight is 310 g/mol. The molecule has 3 rings (SSSR count). The summed E-state index contributed by atoms with van der Waals surface area (Å²) in [6, 6.07) is 12.8. The summed E-state index contributed by atoms with van der Waals surface area (Å²) in [5, 5.41) is 1.33. The summed E-state index contributed by atoms with van der Waals surface area (Å²) in [6.07, 6.45) is 0. The number of carbonyl (C=O) groups is 1. The molecule has 2 radical (unpaired) electrons. The number of hydrogen-bond donors (Lipinski definition) is 0. The van der Waals surface area contributed by atoms with Crippen molar-refractivity contribution in [2.75, 3.05) is 13.2 Å². The Morgan fingerprint density at radius 1 is 1.05 bits per heavy atom. The fourth-order valence-corrected chi connectivity index (χ4v) is 3.34. The van der Waals surface area contributed by atoms with E-state index in [1.54, 1.807) is 18.2 Å². The topological polar surface area (TPSA) is 52.6 Å². The molecule has 6 heteroatoms. The molecule has 0 atom stereocenters. The van der Waals surface area contributed by atoms with Crippen LogP contribution in [-0.4, -0.2) is 26.9 Å². The summed E-state index contributed by atoms with van der Waals surface area (Å²) >= 11 is 1.50. The van der Waals surface area contributed by atoms with Crippen molar-refractivity contribution in [2.24, 2.45) is 0 Å². The molecule has 0 aliphatic rings. The lowest BCUT2D eigenvalue weighted by atomic mass is 10.2. The average Bonchev–Trinajstić information content (AvgIpc) is 2.52. The maximum Gasteiger partial charge on any atom is 0.235 e. The van der Waals surface area contributed by atoms with E-state index in [-0.39, 0.29) is 18.6 Å². The van der Waals surface area contributed by atoms with Gasteiger partial charge < -0.3 is 9.47 Å². The van der Waals surface area contributed by atoms with Gasteiger partial charge in [0.2, 0.25) is 13.7 Å². The van der Waals surface area contributed by atoms with Gasteiger partial charge in [0.1, 0.15) is 19.0 Å². The van der Waals surface area contributed by atoms with Crippen molar-refractivity contribution < 1.29 is 14.3 Å². The van der Waals surface area contributed by atoms with Gasteiger partial charge in [0.05, 0.1) is 4.70 Å². The van der Waals surface area contributed by atoms with Crippen molar-refractivity contribution >= 4 is 45.2 Å². The van der Waals surface area contributed by atoms with Crippen molar-refractivity contribution in [2.45, 2.75) is 0 Å². The van der Waals surface area contributed by atoms with Crippen molar-refractivity contribution in [1.82, 2.24) is 0 Å². The monoisotopic (exact) mass is 310 g/mol. The summed E-state index contributed by atoms with van der Waals surface area (Å²) in [4.78, 5) is 23.0. The molecule has 0 saturated heterocycles. The summed E-state index contributed by atoms with van der Waals surface area (Å²) < 4.78 is 11.9. The summed E-state index contributed by atoms with van der Waals surface area (Å²) in [5.74, 6) is -0.240. The molecule has 108 valence electrons. The maximum atomic E-state index is 12.5. The Balaban J connectivity index is 2.01. The van der Waals surface area contributed by atoms with E-state index >= 15 is 0 Å². The van der Waals surface area contributed by atoms with Crippen LogP contribution in [0.2, 0.25) is 0 Å². The van der Waals surface area contributed by atoms with Crippen LogP contribution in [0.4, 0.5) is 4.79 Å². The largest absolute Gasteiger partial charge is 0.489 e. The van der Waals surface area contributed by atoms with Gasteiger partial charge in [-0.15, -0.1) is 11.3 Å². The number of ether oxygens (including phenoxy) is 2. The third-order valence-electron chi connectivity index (χ3n) is 3.15. The highest BCUT2D eigenvalue weighted by molar-refractivity contribution is 7.24. The van der Waals surface area contributed by atoms with E-state index in [1.807, 2.05) is 24.3 Å². The first-order valence-electron chi connectivity index (χ1n) is 6.66. The molecule has 0 aliphatic heterocycles. The number of benzene rings is 2. The van der Waals surface area contributed by atoms with Crippen LogP contribution in [0.15, 0.2) is 47.3 Å². The lowest BCUT2D eigenvalue weighted by Gasteiger charge is -2.09. The molecule has 0 N–H and O–H groups in total. The molecule has 1 heterocycles. The number of hydrogen-bond acceptors (Lipinski definition) is 5. The molecule has 4 nitrogen and oxygen atoms in total. The molecule has 0 spiro atoms. The molecule has 0 amide bonds. The first kappa shape index (κ1) is 14.6. The minimum atomic E-state index is -0.836. The van der Waals surface area contributed by atoms with Gasteiger partial charge in [-0.05, 0) is 24.3 Å². The Kier molecular flexibility index (Phi) is 4.11. The molecule has 0 unspecified atom stereocenters. The van der Waals surface area contributed by atoms with E-state index in [9.17, 15) is 9.59 Å². The normalized spacial score (nSPS) is 10.7. The van der Waals surface area contributed by atoms with Crippen molar-refractivity contribution in [3.05, 3.63) is 52.7 Å². The van der Waals surface area contributed by atoms with Crippen LogP contribution < -0.4 is 10.2 Å². The van der Waals surface area contributed by atoms with Crippen LogP contribution in [0.1, 0.15) is 0 Å². The van der Waals surface area contributed by atoms with Gasteiger partial charge in [0, 0.05) is 15.5 Å². The molecule has 22 heavy (non-hydrogen) atoms. The lowest BCUT2D eigenvalue weighted by Crippen LogP contribution is -2.11. The van der Waals surface area contributed by atoms with Gasteiger partial charge >= 0.3 is 0 Å². The highest BCUT2D eigenvalue weighted by Gasteiger charge is 2.09. The SMILES string of the molecule is [B]C(=O)OCCOc1cccc2c(=O)c3ccccc3sc12. The second-order valence-corrected chi connectivity index (χ2v) is 5.63. The second kappa shape index (κ2) is 6.19. The molecule has 1 aromatic heterocycles. The predicted octanol–water partition coefficient (Wildman–Crippen LogP) is 3.10. The Morgan fingerprint density at radius 2 is 1.82 bits per heavy atom. The maximum absolute atomic E-state index is 12.5. The van der Waals surface area contributed by atoms with E-state index in [1.165, 1.54) is 11.3 Å². The zero-order valence-corrected chi connectivity index (χ0v) is 12.4. The minimum absolute atomic E-state index is 0.0109. The zero-order valence-electron chi connectivity index (χ0n) is 11.6. The van der Waals surface area contributed by atoms with Crippen LogP contribution >= 0.6 is 11.3 Å². The third-order valence-corrected chi connectivity index (χ3v) is 4.35. The molecule has 3 aromatic rings. The van der Waals surface area contributed by atoms with Gasteiger partial charge in [-0.2, -0.15) is 0 Å². The highest BCUT2D eigenvalue weighted by atomic mass is 32.1. The van der Waals surface area contributed by atoms with Crippen molar-refractivity contribution in [3.63, 3.8) is 0 Å². The molecule has 0 fully saturated rings. The lowest BCUT2D eigenvalue weighted by molar-refractivity contribution is 0.148. The molecular weight excluding hydrogens is 299 g/mol. The van der Waals surface area contributed by atoms with Crippen LogP contribution in [0, 0.1) is 0 Å². The van der Waals surface area contributed by atoms with E-state index < -0.39 is 5.87 Å².